The van der Waals surface area contributed by atoms with Gasteiger partial charge >= 0.3 is 0 Å². The number of carbonyl (C=O) groups is 1. The van der Waals surface area contributed by atoms with Crippen LogP contribution in [0.1, 0.15) is 354 Å². The Morgan fingerprint density at radius 1 is 0.346 bits per heavy atom. The van der Waals surface area contributed by atoms with Crippen LogP contribution in [0.3, 0.4) is 0 Å². The maximum absolute atomic E-state index is 13.5. The van der Waals surface area contributed by atoms with Gasteiger partial charge in [0.2, 0.25) is 5.91 Å². The summed E-state index contributed by atoms with van der Waals surface area (Å²) in [4.78, 5) is 13.5. The third kappa shape index (κ3) is 44.6. The molecule has 17 atom stereocenters. The van der Waals surface area contributed by atoms with Crippen molar-refractivity contribution in [2.24, 2.45) is 0 Å². The van der Waals surface area contributed by atoms with Gasteiger partial charge in [0.25, 0.3) is 0 Å². The smallest absolute Gasteiger partial charge is 0.220 e. The predicted molar refractivity (Wildman–Crippen MR) is 416 cm³/mol. The number of carbonyl (C=O) groups excluding carboxylic acids is 1. The maximum Gasteiger partial charge on any atom is 0.220 e. The van der Waals surface area contributed by atoms with Crippen molar-refractivity contribution in [2.45, 2.75) is 458 Å². The Morgan fingerprint density at radius 2 is 0.644 bits per heavy atom. The number of amides is 1. The molecular weight excluding hydrogens is 1320 g/mol. The minimum absolute atomic E-state index is 0.238. The topological polar surface area (TPSA) is 307 Å². The molecular formula is C85H157NO18. The SMILES string of the molecule is CCCCCCC/C=C\C/C=C\CCCCCCCCCCCCCCCCCCCCCCCC(=O)NC(COC1OC(CO)C(OC2OC(CO)C(OC3OC(CO)C(O)C(O)C3O)C(O)C2O)C(O)C1O)C(O)/C=C/CC/C=C/CCCCCCCCCCCCCCCCCCCCCC. The molecule has 12 N–H and O–H groups in total. The molecule has 19 nitrogen and oxygen atoms in total. The molecule has 19 heteroatoms. The van der Waals surface area contributed by atoms with Gasteiger partial charge in [-0.1, -0.05) is 332 Å². The molecule has 0 radical (unpaired) electrons. The van der Waals surface area contributed by atoms with Crippen LogP contribution in [0, 0.1) is 0 Å². The molecule has 3 rings (SSSR count). The molecule has 104 heavy (non-hydrogen) atoms. The summed E-state index contributed by atoms with van der Waals surface area (Å²) < 4.78 is 34.5. The van der Waals surface area contributed by atoms with Crippen LogP contribution < -0.4 is 5.32 Å². The lowest BCUT2D eigenvalue weighted by molar-refractivity contribution is -0.379. The standard InChI is InChI=1S/C85H157NO18/c1-3-5-7-9-11-13-15-17-19-21-23-25-27-29-31-32-33-34-35-36-37-39-41-43-45-47-49-51-53-55-57-59-61-63-73(91)86-68(69(90)62-60-58-56-54-52-50-48-46-44-42-40-38-30-28-26-24-22-20-18-16-14-12-10-8-6-4-2)67-99-83-79(97)76(94)81(71(65-88)101-83)104-85-80(98)77(95)82(72(66-89)102-85)103-84-78(96)75(93)74(92)70(64-87)100-84/h15,17,21,23,52,54,60,62,68-72,74-85,87-90,92-98H,3-14,16,18-20,22,24-51,53,55-59,61,63-67H2,1-2H3,(H,86,91)/b17-15-,23-21-,54-52+,62-60+. The van der Waals surface area contributed by atoms with E-state index in [9.17, 15) is 61.0 Å². The Hall–Kier alpha value is -2.25. The van der Waals surface area contributed by atoms with E-state index in [2.05, 4.69) is 55.6 Å². The Bertz CT molecular complexity index is 2060. The number of hydrogen-bond acceptors (Lipinski definition) is 18. The van der Waals surface area contributed by atoms with Crippen LogP contribution in [-0.4, -0.2) is 193 Å². The molecule has 3 aliphatic rings. The zero-order valence-corrected chi connectivity index (χ0v) is 65.5. The van der Waals surface area contributed by atoms with E-state index in [-0.39, 0.29) is 18.9 Å². The minimum Gasteiger partial charge on any atom is -0.394 e. The average molecular weight is 1480 g/mol. The van der Waals surface area contributed by atoms with Crippen molar-refractivity contribution in [3.8, 4) is 0 Å². The molecule has 0 spiro atoms. The molecule has 610 valence electrons. The lowest BCUT2D eigenvalue weighted by Gasteiger charge is -2.48. The third-order valence-electron chi connectivity index (χ3n) is 21.3. The molecule has 0 aromatic rings. The van der Waals surface area contributed by atoms with Crippen LogP contribution in [0.15, 0.2) is 48.6 Å². The molecule has 0 aliphatic carbocycles. The molecule has 0 aromatic heterocycles. The normalized spacial score (nSPS) is 26.1. The maximum atomic E-state index is 13.5. The molecule has 3 saturated heterocycles. The number of aliphatic hydroxyl groups is 11. The third-order valence-corrected chi connectivity index (χ3v) is 21.3. The van der Waals surface area contributed by atoms with Crippen molar-refractivity contribution < 1.29 is 89.4 Å². The first-order valence-corrected chi connectivity index (χ1v) is 42.9. The van der Waals surface area contributed by atoms with E-state index in [0.717, 1.165) is 44.9 Å². The average Bonchev–Trinajstić information content (AvgIpc) is 0.783. The van der Waals surface area contributed by atoms with Gasteiger partial charge in [-0.2, -0.15) is 0 Å². The molecule has 17 unspecified atom stereocenters. The van der Waals surface area contributed by atoms with Gasteiger partial charge in [0.05, 0.1) is 38.6 Å². The van der Waals surface area contributed by atoms with Crippen LogP contribution >= 0.6 is 0 Å². The number of allylic oxidation sites excluding steroid dienone is 7. The highest BCUT2D eigenvalue weighted by atomic mass is 16.8. The number of unbranched alkanes of at least 4 members (excludes halogenated alkanes) is 47. The molecule has 3 heterocycles. The molecule has 1 amide bonds. The van der Waals surface area contributed by atoms with E-state index >= 15 is 0 Å². The summed E-state index contributed by atoms with van der Waals surface area (Å²) in [6.07, 6.45) is 56.9. The Kier molecular flexibility index (Phi) is 60.4. The number of aliphatic hydroxyl groups excluding tert-OH is 11. The van der Waals surface area contributed by atoms with Crippen LogP contribution in [0.5, 0.6) is 0 Å². The Morgan fingerprint density at radius 3 is 1.02 bits per heavy atom. The lowest BCUT2D eigenvalue weighted by atomic mass is 9.96. The van der Waals surface area contributed by atoms with Crippen molar-refractivity contribution in [3.05, 3.63) is 48.6 Å². The Labute approximate surface area is 631 Å². The first kappa shape index (κ1) is 96.0. The van der Waals surface area contributed by atoms with Gasteiger partial charge in [-0.25, -0.2) is 0 Å². The van der Waals surface area contributed by atoms with Crippen molar-refractivity contribution in [1.82, 2.24) is 5.32 Å². The van der Waals surface area contributed by atoms with Crippen molar-refractivity contribution >= 4 is 5.91 Å². The van der Waals surface area contributed by atoms with E-state index < -0.39 is 124 Å². The highest BCUT2D eigenvalue weighted by molar-refractivity contribution is 5.76. The summed E-state index contributed by atoms with van der Waals surface area (Å²) >= 11 is 0. The lowest BCUT2D eigenvalue weighted by Crippen LogP contribution is -2.66. The van der Waals surface area contributed by atoms with E-state index in [1.165, 1.54) is 276 Å². The van der Waals surface area contributed by atoms with Crippen LogP contribution in [-0.2, 0) is 33.2 Å². The summed E-state index contributed by atoms with van der Waals surface area (Å²) in [5.41, 5.74) is 0. The van der Waals surface area contributed by atoms with Gasteiger partial charge in [-0.05, 0) is 64.2 Å². The molecule has 0 bridgehead atoms. The van der Waals surface area contributed by atoms with Gasteiger partial charge in [0.1, 0.15) is 73.2 Å². The molecule has 0 aromatic carbocycles. The fourth-order valence-corrected chi connectivity index (χ4v) is 14.5. The minimum atomic E-state index is -1.98. The second-order valence-electron chi connectivity index (χ2n) is 30.6. The second kappa shape index (κ2) is 65.5. The quantitative estimate of drug-likeness (QED) is 0.0199. The van der Waals surface area contributed by atoms with Crippen molar-refractivity contribution in [3.63, 3.8) is 0 Å². The highest BCUT2D eigenvalue weighted by Crippen LogP contribution is 2.33. The van der Waals surface area contributed by atoms with E-state index in [1.54, 1.807) is 6.08 Å². The van der Waals surface area contributed by atoms with Crippen LogP contribution in [0.2, 0.25) is 0 Å². The molecule has 3 fully saturated rings. The largest absolute Gasteiger partial charge is 0.394 e. The molecule has 0 saturated carbocycles. The summed E-state index contributed by atoms with van der Waals surface area (Å²) in [6, 6.07) is -0.991. The van der Waals surface area contributed by atoms with E-state index in [1.807, 2.05) is 6.08 Å². The first-order chi connectivity index (χ1) is 50.8. The summed E-state index contributed by atoms with van der Waals surface area (Å²) in [5.74, 6) is -0.279. The van der Waals surface area contributed by atoms with E-state index in [0.29, 0.717) is 12.8 Å². The fraction of sp³-hybridized carbons (Fsp3) is 0.894. The number of nitrogens with one attached hydrogen (secondary N) is 1. The van der Waals surface area contributed by atoms with Gasteiger partial charge in [0, 0.05) is 6.42 Å². The summed E-state index contributed by atoms with van der Waals surface area (Å²) in [5, 5.41) is 121. The number of ether oxygens (including phenoxy) is 6. The number of hydrogen-bond donors (Lipinski definition) is 12. The van der Waals surface area contributed by atoms with Gasteiger partial charge in [0.15, 0.2) is 18.9 Å². The monoisotopic (exact) mass is 1480 g/mol. The fourth-order valence-electron chi connectivity index (χ4n) is 14.5. The summed E-state index contributed by atoms with van der Waals surface area (Å²) in [6.45, 7) is 1.76. The predicted octanol–water partition coefficient (Wildman–Crippen LogP) is 15.2. The highest BCUT2D eigenvalue weighted by Gasteiger charge is 2.54. The van der Waals surface area contributed by atoms with Crippen molar-refractivity contribution in [2.75, 3.05) is 26.4 Å². The van der Waals surface area contributed by atoms with Gasteiger partial charge < -0.3 is 89.9 Å². The zero-order valence-electron chi connectivity index (χ0n) is 65.5. The summed E-state index contributed by atoms with van der Waals surface area (Å²) in [7, 11) is 0. The number of rotatable bonds is 69. The van der Waals surface area contributed by atoms with Crippen LogP contribution in [0.25, 0.3) is 0 Å². The van der Waals surface area contributed by atoms with Gasteiger partial charge in [-0.3, -0.25) is 4.79 Å². The molecule has 3 aliphatic heterocycles. The second-order valence-corrected chi connectivity index (χ2v) is 30.6. The Balaban J connectivity index is 1.35. The van der Waals surface area contributed by atoms with Gasteiger partial charge in [-0.15, -0.1) is 0 Å². The first-order valence-electron chi connectivity index (χ1n) is 42.9. The van der Waals surface area contributed by atoms with Crippen LogP contribution in [0.4, 0.5) is 0 Å². The van der Waals surface area contributed by atoms with Crippen molar-refractivity contribution in [1.29, 1.82) is 0 Å². The zero-order chi connectivity index (χ0) is 75.3. The van der Waals surface area contributed by atoms with E-state index in [4.69, 9.17) is 28.4 Å².